The number of aromatic nitrogens is 3. The molecule has 5 nitrogen and oxygen atoms in total. The summed E-state index contributed by atoms with van der Waals surface area (Å²) in [6.07, 6.45) is 1.53. The lowest BCUT2D eigenvalue weighted by Gasteiger charge is -2.05. The van der Waals surface area contributed by atoms with E-state index in [1.54, 1.807) is 36.4 Å². The van der Waals surface area contributed by atoms with Crippen LogP contribution in [0.3, 0.4) is 0 Å². The van der Waals surface area contributed by atoms with Crippen LogP contribution in [0.2, 0.25) is 0 Å². The number of H-pyrrole nitrogens is 1. The molecule has 5 heteroatoms. The Labute approximate surface area is 101 Å². The number of rotatable bonds is 1. The van der Waals surface area contributed by atoms with Crippen molar-refractivity contribution in [3.05, 3.63) is 69.5 Å². The Morgan fingerprint density at radius 1 is 1.00 bits per heavy atom. The van der Waals surface area contributed by atoms with Crippen LogP contribution in [-0.2, 0) is 0 Å². The van der Waals surface area contributed by atoms with Crippen molar-refractivity contribution >= 4 is 11.0 Å². The molecule has 0 radical (unpaired) electrons. The van der Waals surface area contributed by atoms with E-state index in [1.165, 1.54) is 6.20 Å². The summed E-state index contributed by atoms with van der Waals surface area (Å²) in [6, 6.07) is 12.1. The minimum atomic E-state index is -0.489. The van der Waals surface area contributed by atoms with Crippen LogP contribution in [0.15, 0.2) is 58.3 Å². The topological polar surface area (TPSA) is 67.8 Å². The Balaban J connectivity index is 2.45. The molecule has 3 aromatic rings. The molecule has 2 heterocycles. The van der Waals surface area contributed by atoms with Crippen LogP contribution in [0.5, 0.6) is 0 Å². The van der Waals surface area contributed by atoms with Crippen molar-refractivity contribution in [3.8, 4) is 5.69 Å². The minimum Gasteiger partial charge on any atom is -0.291 e. The largest absolute Gasteiger partial charge is 0.334 e. The summed E-state index contributed by atoms with van der Waals surface area (Å²) in [5.74, 6) is 0. The summed E-state index contributed by atoms with van der Waals surface area (Å²) in [5, 5.41) is 0.390. The zero-order valence-electron chi connectivity index (χ0n) is 9.33. The van der Waals surface area contributed by atoms with E-state index < -0.39 is 5.69 Å². The van der Waals surface area contributed by atoms with Crippen LogP contribution in [-0.4, -0.2) is 14.5 Å². The highest BCUT2D eigenvalue weighted by Crippen LogP contribution is 2.04. The number of fused-ring (bicyclic) bond motifs is 1. The van der Waals surface area contributed by atoms with E-state index in [-0.39, 0.29) is 5.56 Å². The molecule has 1 aromatic carbocycles. The van der Waals surface area contributed by atoms with Gasteiger partial charge in [-0.05, 0) is 24.3 Å². The number of pyridine rings is 1. The van der Waals surface area contributed by atoms with Crippen molar-refractivity contribution < 1.29 is 0 Å². The molecule has 0 bridgehead atoms. The van der Waals surface area contributed by atoms with Crippen molar-refractivity contribution in [3.63, 3.8) is 0 Å². The Kier molecular flexibility index (Phi) is 2.30. The van der Waals surface area contributed by atoms with Crippen molar-refractivity contribution in [2.75, 3.05) is 0 Å². The highest BCUT2D eigenvalue weighted by atomic mass is 16.2. The van der Waals surface area contributed by atoms with Gasteiger partial charge in [0.1, 0.15) is 5.65 Å². The number of benzene rings is 1. The molecular formula is C13H9N3O2. The second-order valence-corrected chi connectivity index (χ2v) is 3.81. The predicted octanol–water partition coefficient (Wildman–Crippen LogP) is 1.07. The standard InChI is InChI=1S/C13H9N3O2/c17-12-10-7-4-8-14-11(10)15-13(18)16(12)9-5-2-1-3-6-9/h1-8H,(H,14,15,18). The van der Waals surface area contributed by atoms with E-state index in [2.05, 4.69) is 9.97 Å². The maximum Gasteiger partial charge on any atom is 0.334 e. The SMILES string of the molecule is O=c1[nH]c2ncccc2c(=O)n1-c1ccccc1. The molecule has 0 atom stereocenters. The minimum absolute atomic E-state index is 0.305. The number of nitrogens with zero attached hydrogens (tertiary/aromatic N) is 2. The quantitative estimate of drug-likeness (QED) is 0.690. The molecule has 0 aliphatic carbocycles. The van der Waals surface area contributed by atoms with Gasteiger partial charge in [-0.15, -0.1) is 0 Å². The zero-order chi connectivity index (χ0) is 12.5. The zero-order valence-corrected chi connectivity index (χ0v) is 9.33. The summed E-state index contributed by atoms with van der Waals surface area (Å²) in [4.78, 5) is 30.7. The van der Waals surface area contributed by atoms with Gasteiger partial charge in [-0.3, -0.25) is 9.78 Å². The van der Waals surface area contributed by atoms with E-state index in [0.717, 1.165) is 4.57 Å². The molecule has 3 rings (SSSR count). The van der Waals surface area contributed by atoms with Gasteiger partial charge in [0.25, 0.3) is 5.56 Å². The summed E-state index contributed by atoms with van der Waals surface area (Å²) < 4.78 is 1.10. The van der Waals surface area contributed by atoms with Crippen LogP contribution in [0, 0.1) is 0 Å². The number of nitrogens with one attached hydrogen (secondary N) is 1. The summed E-state index contributed by atoms with van der Waals surface area (Å²) in [7, 11) is 0. The van der Waals surface area contributed by atoms with Crippen LogP contribution in [0.25, 0.3) is 16.7 Å². The molecule has 2 aromatic heterocycles. The highest BCUT2D eigenvalue weighted by molar-refractivity contribution is 5.72. The number of hydrogen-bond donors (Lipinski definition) is 1. The lowest BCUT2D eigenvalue weighted by Crippen LogP contribution is -2.33. The molecule has 0 saturated heterocycles. The molecule has 0 unspecified atom stereocenters. The molecule has 0 amide bonds. The highest BCUT2D eigenvalue weighted by Gasteiger charge is 2.08. The molecule has 18 heavy (non-hydrogen) atoms. The third kappa shape index (κ3) is 1.53. The molecule has 0 spiro atoms. The van der Waals surface area contributed by atoms with E-state index in [9.17, 15) is 9.59 Å². The molecule has 0 aliphatic heterocycles. The van der Waals surface area contributed by atoms with Gasteiger partial charge in [0.2, 0.25) is 0 Å². The van der Waals surface area contributed by atoms with Gasteiger partial charge in [-0.2, -0.15) is 0 Å². The first-order valence-electron chi connectivity index (χ1n) is 5.43. The molecule has 88 valence electrons. The summed E-state index contributed by atoms with van der Waals surface area (Å²) in [5.41, 5.74) is -0.0142. The molecule has 0 saturated carbocycles. The normalized spacial score (nSPS) is 10.7. The summed E-state index contributed by atoms with van der Waals surface area (Å²) >= 11 is 0. The third-order valence-electron chi connectivity index (χ3n) is 2.68. The van der Waals surface area contributed by atoms with Gasteiger partial charge in [0.15, 0.2) is 0 Å². The van der Waals surface area contributed by atoms with E-state index in [4.69, 9.17) is 0 Å². The van der Waals surface area contributed by atoms with E-state index >= 15 is 0 Å². The molecule has 0 fully saturated rings. The summed E-state index contributed by atoms with van der Waals surface area (Å²) in [6.45, 7) is 0. The van der Waals surface area contributed by atoms with Gasteiger partial charge in [-0.25, -0.2) is 14.3 Å². The average Bonchev–Trinajstić information content (AvgIpc) is 2.40. The fraction of sp³-hybridized carbons (Fsp3) is 0. The average molecular weight is 239 g/mol. The van der Waals surface area contributed by atoms with Gasteiger partial charge in [0.05, 0.1) is 11.1 Å². The van der Waals surface area contributed by atoms with Crippen molar-refractivity contribution in [1.82, 2.24) is 14.5 Å². The monoisotopic (exact) mass is 239 g/mol. The fourth-order valence-electron chi connectivity index (χ4n) is 1.86. The van der Waals surface area contributed by atoms with E-state index in [0.29, 0.717) is 16.7 Å². The van der Waals surface area contributed by atoms with Crippen LogP contribution >= 0.6 is 0 Å². The van der Waals surface area contributed by atoms with Gasteiger partial charge in [0, 0.05) is 6.20 Å². The maximum absolute atomic E-state index is 12.3. The second kappa shape index (κ2) is 3.96. The number of aromatic amines is 1. The smallest absolute Gasteiger partial charge is 0.291 e. The molecule has 1 N–H and O–H groups in total. The number of hydrogen-bond acceptors (Lipinski definition) is 3. The Morgan fingerprint density at radius 2 is 1.78 bits per heavy atom. The van der Waals surface area contributed by atoms with Crippen LogP contribution in [0.1, 0.15) is 0 Å². The van der Waals surface area contributed by atoms with Gasteiger partial charge < -0.3 is 0 Å². The first-order valence-corrected chi connectivity index (χ1v) is 5.43. The lowest BCUT2D eigenvalue weighted by atomic mass is 10.3. The second-order valence-electron chi connectivity index (χ2n) is 3.81. The predicted molar refractivity (Wildman–Crippen MR) is 68.0 cm³/mol. The Morgan fingerprint density at radius 3 is 2.56 bits per heavy atom. The Hall–Kier alpha value is -2.69. The van der Waals surface area contributed by atoms with Gasteiger partial charge in [-0.1, -0.05) is 18.2 Å². The van der Waals surface area contributed by atoms with Crippen molar-refractivity contribution in [1.29, 1.82) is 0 Å². The Bertz CT molecular complexity index is 819. The van der Waals surface area contributed by atoms with Gasteiger partial charge >= 0.3 is 5.69 Å². The van der Waals surface area contributed by atoms with Crippen molar-refractivity contribution in [2.45, 2.75) is 0 Å². The lowest BCUT2D eigenvalue weighted by molar-refractivity contribution is 0.895. The van der Waals surface area contributed by atoms with Crippen molar-refractivity contribution in [2.24, 2.45) is 0 Å². The van der Waals surface area contributed by atoms with Crippen LogP contribution < -0.4 is 11.2 Å². The first kappa shape index (κ1) is 10.5. The fourth-order valence-corrected chi connectivity index (χ4v) is 1.86. The molecular weight excluding hydrogens is 230 g/mol. The number of para-hydroxylation sites is 1. The first-order chi connectivity index (χ1) is 8.77. The molecule has 0 aliphatic rings. The maximum atomic E-state index is 12.3. The van der Waals surface area contributed by atoms with E-state index in [1.807, 2.05) is 6.07 Å². The van der Waals surface area contributed by atoms with Crippen LogP contribution in [0.4, 0.5) is 0 Å². The third-order valence-corrected chi connectivity index (χ3v) is 2.68.